The van der Waals surface area contributed by atoms with Crippen LogP contribution in [-0.4, -0.2) is 62.8 Å². The summed E-state index contributed by atoms with van der Waals surface area (Å²) in [5, 5.41) is 3.13. The zero-order valence-corrected chi connectivity index (χ0v) is 33.5. The van der Waals surface area contributed by atoms with Gasteiger partial charge >= 0.3 is 0 Å². The van der Waals surface area contributed by atoms with E-state index >= 15 is 0 Å². The number of furan rings is 1. The molecule has 1 aromatic heterocycles. The maximum Gasteiger partial charge on any atom is 0.135 e. The fourth-order valence-electron chi connectivity index (χ4n) is 10.1. The van der Waals surface area contributed by atoms with Crippen LogP contribution in [0.4, 0.5) is 0 Å². The average Bonchev–Trinajstić information content (AvgIpc) is 3.88. The molecule has 0 aliphatic heterocycles. The van der Waals surface area contributed by atoms with E-state index < -0.39 is 5.41 Å². The topological polar surface area (TPSA) is 13.1 Å². The molecule has 1 nitrogen and oxygen atoms in total. The molecule has 0 fully saturated rings. The third-order valence-corrected chi connectivity index (χ3v) is 12.9. The SMILES string of the molecule is [B]c1c([B])c([B])c2c(-c3ccc4oc(-c5ccc6c(c5)-c5ccccc5C6(c5ccccc5)c5ccccc5)cc4c3)c3c([B])c([B])c([B])c([B])c3c(-c3ccccc3)c2c1[B]. The number of hydrogen-bond donors (Lipinski definition) is 0. The predicted octanol–water partition coefficient (Wildman–Crippen LogP) is 4.45. The van der Waals surface area contributed by atoms with Gasteiger partial charge in [0.25, 0.3) is 0 Å². The van der Waals surface area contributed by atoms with Crippen molar-refractivity contribution < 1.29 is 4.42 Å². The number of fused-ring (bicyclic) bond motifs is 6. The van der Waals surface area contributed by atoms with E-state index in [9.17, 15) is 0 Å². The highest BCUT2D eigenvalue weighted by molar-refractivity contribution is 6.71. The smallest absolute Gasteiger partial charge is 0.135 e. The third-order valence-electron chi connectivity index (χ3n) is 12.9. The molecule has 0 unspecified atom stereocenters. The van der Waals surface area contributed by atoms with E-state index in [1.165, 1.54) is 27.8 Å². The van der Waals surface area contributed by atoms with Crippen LogP contribution in [0, 0.1) is 0 Å². The van der Waals surface area contributed by atoms with Crippen LogP contribution in [0.5, 0.6) is 0 Å². The highest BCUT2D eigenvalue weighted by atomic mass is 16.3. The molecule has 10 aromatic rings. The van der Waals surface area contributed by atoms with Gasteiger partial charge in [-0.3, -0.25) is 0 Å². The quantitative estimate of drug-likeness (QED) is 0.187. The summed E-state index contributed by atoms with van der Waals surface area (Å²) in [6.45, 7) is 0. The minimum Gasteiger partial charge on any atom is -0.456 e. The summed E-state index contributed by atoms with van der Waals surface area (Å²) < 4.78 is 6.66. The van der Waals surface area contributed by atoms with E-state index in [1.54, 1.807) is 0 Å². The number of benzene rings is 9. The van der Waals surface area contributed by atoms with Gasteiger partial charge in [-0.2, -0.15) is 0 Å². The highest BCUT2D eigenvalue weighted by Gasteiger charge is 2.46. The van der Waals surface area contributed by atoms with Gasteiger partial charge in [0, 0.05) is 10.9 Å². The molecule has 268 valence electrons. The lowest BCUT2D eigenvalue weighted by atomic mass is 9.59. The van der Waals surface area contributed by atoms with Crippen molar-refractivity contribution in [2.75, 3.05) is 0 Å². The normalized spacial score (nSPS) is 12.8. The van der Waals surface area contributed by atoms with Crippen LogP contribution in [0.1, 0.15) is 22.3 Å². The zero-order valence-electron chi connectivity index (χ0n) is 33.5. The van der Waals surface area contributed by atoms with Gasteiger partial charge in [-0.1, -0.05) is 155 Å². The Morgan fingerprint density at radius 3 is 1.34 bits per heavy atom. The van der Waals surface area contributed by atoms with E-state index in [4.69, 9.17) is 67.2 Å². The molecule has 1 aliphatic carbocycles. The molecule has 1 aliphatic rings. The zero-order chi connectivity index (χ0) is 42.6. The van der Waals surface area contributed by atoms with Gasteiger partial charge < -0.3 is 4.42 Å². The molecule has 0 amide bonds. The lowest BCUT2D eigenvalue weighted by Crippen LogP contribution is -2.50. The molecule has 9 heteroatoms. The van der Waals surface area contributed by atoms with Crippen LogP contribution in [-0.2, 0) is 5.41 Å². The Morgan fingerprint density at radius 1 is 0.339 bits per heavy atom. The van der Waals surface area contributed by atoms with Crippen molar-refractivity contribution in [2.24, 2.45) is 0 Å². The second-order valence-corrected chi connectivity index (χ2v) is 16.1. The van der Waals surface area contributed by atoms with Gasteiger partial charge in [-0.15, -0.1) is 21.9 Å². The largest absolute Gasteiger partial charge is 0.456 e. The molecular formula is C53H26B8O. The van der Waals surface area contributed by atoms with Crippen molar-refractivity contribution in [3.63, 3.8) is 0 Å². The summed E-state index contributed by atoms with van der Waals surface area (Å²) in [5.74, 6) is 0.713. The fourth-order valence-corrected chi connectivity index (χ4v) is 10.1. The van der Waals surface area contributed by atoms with Crippen molar-refractivity contribution >= 4 is 139 Å². The number of rotatable bonds is 5. The third kappa shape index (κ3) is 5.33. The van der Waals surface area contributed by atoms with Gasteiger partial charge in [0.2, 0.25) is 0 Å². The van der Waals surface area contributed by atoms with E-state index in [0.717, 1.165) is 27.6 Å². The molecule has 16 radical (unpaired) electrons. The second kappa shape index (κ2) is 14.3. The van der Waals surface area contributed by atoms with Gasteiger partial charge in [0.1, 0.15) is 74.1 Å². The molecule has 11 rings (SSSR count). The summed E-state index contributed by atoms with van der Waals surface area (Å²) in [6, 6.07) is 54.5. The Morgan fingerprint density at radius 2 is 0.790 bits per heavy atom. The van der Waals surface area contributed by atoms with Gasteiger partial charge in [0.15, 0.2) is 0 Å². The molecule has 0 saturated heterocycles. The van der Waals surface area contributed by atoms with Crippen LogP contribution < -0.4 is 43.7 Å². The Kier molecular flexibility index (Phi) is 8.88. The Balaban J connectivity index is 1.15. The Labute approximate surface area is 371 Å². The van der Waals surface area contributed by atoms with E-state index in [0.29, 0.717) is 44.0 Å². The lowest BCUT2D eigenvalue weighted by molar-refractivity contribution is 0.631. The van der Waals surface area contributed by atoms with Crippen molar-refractivity contribution in [1.29, 1.82) is 0 Å². The van der Waals surface area contributed by atoms with Crippen molar-refractivity contribution in [1.82, 2.24) is 0 Å². The van der Waals surface area contributed by atoms with Crippen LogP contribution >= 0.6 is 0 Å². The summed E-state index contributed by atoms with van der Waals surface area (Å²) in [6.07, 6.45) is 0. The fraction of sp³-hybridized carbons (Fsp3) is 0.0189. The summed E-state index contributed by atoms with van der Waals surface area (Å²) in [7, 11) is 54.2. The Bertz CT molecular complexity index is 3370. The molecule has 0 spiro atoms. The van der Waals surface area contributed by atoms with Gasteiger partial charge in [-0.25, -0.2) is 0 Å². The van der Waals surface area contributed by atoms with Crippen molar-refractivity contribution in [3.8, 4) is 44.7 Å². The van der Waals surface area contributed by atoms with Crippen LogP contribution in [0.15, 0.2) is 162 Å². The molecule has 62 heavy (non-hydrogen) atoms. The minimum absolute atomic E-state index is 0.165. The molecule has 0 N–H and O–H groups in total. The molecular weight excluding hydrogens is 739 g/mol. The first-order valence-electron chi connectivity index (χ1n) is 20.3. The van der Waals surface area contributed by atoms with Crippen LogP contribution in [0.2, 0.25) is 0 Å². The van der Waals surface area contributed by atoms with Gasteiger partial charge in [-0.05, 0) is 101 Å². The monoisotopic (exact) mass is 766 g/mol. The standard InChI is InChI=1S/C53H26B8O/c54-45-41-39(27-12-4-1-5-13-27)42-44(48(57)52(61)50(59)46(42)55)40(43(41)47(56)51(60)49(45)58)29-21-23-37-30(24-29)26-38(62-37)28-20-22-36-34(25-28)33-18-10-11-19-35(33)53(36,31-14-6-2-7-15-31)32-16-8-3-9-17-32/h1-26H. The first kappa shape index (κ1) is 38.5. The maximum absolute atomic E-state index is 6.98. The van der Waals surface area contributed by atoms with Gasteiger partial charge in [0.05, 0.1) is 5.41 Å². The minimum atomic E-state index is -0.504. The summed E-state index contributed by atoms with van der Waals surface area (Å²) >= 11 is 0. The maximum atomic E-state index is 6.98. The molecule has 0 saturated carbocycles. The summed E-state index contributed by atoms with van der Waals surface area (Å²) in [4.78, 5) is 0. The summed E-state index contributed by atoms with van der Waals surface area (Å²) in [5.41, 5.74) is 12.9. The van der Waals surface area contributed by atoms with Crippen LogP contribution in [0.25, 0.3) is 77.2 Å². The van der Waals surface area contributed by atoms with Crippen LogP contribution in [0.3, 0.4) is 0 Å². The van der Waals surface area contributed by atoms with Crippen molar-refractivity contribution in [2.45, 2.75) is 5.41 Å². The average molecular weight is 765 g/mol. The highest BCUT2D eigenvalue weighted by Crippen LogP contribution is 2.56. The van der Waals surface area contributed by atoms with Crippen molar-refractivity contribution in [3.05, 3.63) is 180 Å². The molecule has 1 heterocycles. The predicted molar refractivity (Wildman–Crippen MR) is 268 cm³/mol. The van der Waals surface area contributed by atoms with E-state index in [1.807, 2.05) is 48.5 Å². The molecule has 9 aromatic carbocycles. The molecule has 0 bridgehead atoms. The Hall–Kier alpha value is -6.44. The van der Waals surface area contributed by atoms with E-state index in [-0.39, 0.29) is 43.7 Å². The first-order chi connectivity index (χ1) is 30.1. The second-order valence-electron chi connectivity index (χ2n) is 16.1. The lowest BCUT2D eigenvalue weighted by Gasteiger charge is -2.33. The first-order valence-corrected chi connectivity index (χ1v) is 20.3. The number of hydrogen-bond acceptors (Lipinski definition) is 1. The molecule has 0 atom stereocenters. The van der Waals surface area contributed by atoms with E-state index in [2.05, 4.69) is 109 Å².